The molecule has 1 unspecified atom stereocenters. The van der Waals surface area contributed by atoms with Gasteiger partial charge in [0, 0.05) is 13.0 Å². The number of esters is 1. The van der Waals surface area contributed by atoms with E-state index in [0.717, 1.165) is 25.7 Å². The molecule has 0 saturated heterocycles. The first kappa shape index (κ1) is 55.9. The van der Waals surface area contributed by atoms with Gasteiger partial charge < -0.3 is 14.6 Å². The number of unbranched alkanes of at least 4 members (excludes halogenated alkanes) is 37. The average Bonchev–Trinajstić information content (AvgIpc) is 3.22. The molecular weight excluding hydrogens is 701 g/mol. The molecule has 0 aliphatic rings. The van der Waals surface area contributed by atoms with E-state index in [1.165, 1.54) is 238 Å². The fourth-order valence-corrected chi connectivity index (χ4v) is 7.89. The van der Waals surface area contributed by atoms with Gasteiger partial charge in [-0.15, -0.1) is 0 Å². The molecule has 0 saturated carbocycles. The van der Waals surface area contributed by atoms with Crippen LogP contribution >= 0.6 is 0 Å². The lowest BCUT2D eigenvalue weighted by atomic mass is 10.0. The Balaban J connectivity index is 3.36. The van der Waals surface area contributed by atoms with Gasteiger partial charge in [0.25, 0.3) is 0 Å². The molecule has 0 aromatic heterocycles. The number of carbonyl (C=O) groups excluding carboxylic acids is 1. The summed E-state index contributed by atoms with van der Waals surface area (Å²) in [6, 6.07) is 0. The summed E-state index contributed by atoms with van der Waals surface area (Å²) in [6.45, 7) is 5.38. The number of hydrogen-bond donors (Lipinski definition) is 1. The van der Waals surface area contributed by atoms with Gasteiger partial charge in [0.1, 0.15) is 6.10 Å². The lowest BCUT2D eigenvalue weighted by molar-refractivity contribution is -0.154. The maximum Gasteiger partial charge on any atom is 0.306 e. The van der Waals surface area contributed by atoms with Crippen LogP contribution in [0.2, 0.25) is 0 Å². The summed E-state index contributed by atoms with van der Waals surface area (Å²) in [4.78, 5) is 12.3. The number of aliphatic hydroxyl groups is 1. The van der Waals surface area contributed by atoms with Crippen molar-refractivity contribution in [1.82, 2.24) is 0 Å². The van der Waals surface area contributed by atoms with Gasteiger partial charge in [-0.2, -0.15) is 0 Å². The third-order valence-electron chi connectivity index (χ3n) is 11.8. The molecule has 1 atom stereocenters. The van der Waals surface area contributed by atoms with Gasteiger partial charge >= 0.3 is 5.97 Å². The molecule has 0 aromatic rings. The highest BCUT2D eigenvalue weighted by Gasteiger charge is 2.13. The van der Waals surface area contributed by atoms with Crippen molar-refractivity contribution in [3.05, 3.63) is 24.3 Å². The molecule has 57 heavy (non-hydrogen) atoms. The van der Waals surface area contributed by atoms with Gasteiger partial charge in [0.15, 0.2) is 0 Å². The Morgan fingerprint density at radius 1 is 0.421 bits per heavy atom. The monoisotopic (exact) mass is 803 g/mol. The molecule has 338 valence electrons. The van der Waals surface area contributed by atoms with Crippen molar-refractivity contribution in [2.75, 3.05) is 19.8 Å². The van der Waals surface area contributed by atoms with Crippen molar-refractivity contribution in [3.8, 4) is 0 Å². The molecule has 4 nitrogen and oxygen atoms in total. The third kappa shape index (κ3) is 49.1. The first-order valence-electron chi connectivity index (χ1n) is 25.9. The molecule has 0 spiro atoms. The van der Waals surface area contributed by atoms with Gasteiger partial charge in [-0.25, -0.2) is 0 Å². The minimum Gasteiger partial charge on any atom is -0.457 e. The summed E-state index contributed by atoms with van der Waals surface area (Å²) in [6.07, 6.45) is 64.2. The Morgan fingerprint density at radius 3 is 1.09 bits per heavy atom. The fraction of sp³-hybridized carbons (Fsp3) is 0.906. The summed E-state index contributed by atoms with van der Waals surface area (Å²) in [5, 5.41) is 9.65. The third-order valence-corrected chi connectivity index (χ3v) is 11.8. The van der Waals surface area contributed by atoms with E-state index in [1.807, 2.05) is 0 Å². The molecule has 0 aliphatic heterocycles. The highest BCUT2D eigenvalue weighted by Crippen LogP contribution is 2.17. The van der Waals surface area contributed by atoms with Crippen LogP contribution in [0.25, 0.3) is 0 Å². The second kappa shape index (κ2) is 51.0. The van der Waals surface area contributed by atoms with Crippen molar-refractivity contribution in [2.45, 2.75) is 290 Å². The summed E-state index contributed by atoms with van der Waals surface area (Å²) in [5.41, 5.74) is 0. The first-order chi connectivity index (χ1) is 28.2. The lowest BCUT2D eigenvalue weighted by Gasteiger charge is -2.16. The molecule has 0 bridgehead atoms. The maximum atomic E-state index is 12.3. The molecule has 0 aliphatic carbocycles. The van der Waals surface area contributed by atoms with Crippen LogP contribution in [0.1, 0.15) is 284 Å². The molecule has 0 radical (unpaired) electrons. The second-order valence-corrected chi connectivity index (χ2v) is 17.6. The topological polar surface area (TPSA) is 55.8 Å². The minimum absolute atomic E-state index is 0.168. The van der Waals surface area contributed by atoms with Crippen molar-refractivity contribution < 1.29 is 19.4 Å². The summed E-state index contributed by atoms with van der Waals surface area (Å²) < 4.78 is 11.2. The van der Waals surface area contributed by atoms with Gasteiger partial charge in [-0.1, -0.05) is 256 Å². The van der Waals surface area contributed by atoms with Crippen LogP contribution < -0.4 is 0 Å². The van der Waals surface area contributed by atoms with E-state index in [2.05, 4.69) is 38.2 Å². The molecule has 4 heteroatoms. The fourth-order valence-electron chi connectivity index (χ4n) is 7.89. The van der Waals surface area contributed by atoms with Crippen LogP contribution in [0.3, 0.4) is 0 Å². The van der Waals surface area contributed by atoms with Crippen molar-refractivity contribution >= 4 is 5.97 Å². The van der Waals surface area contributed by atoms with Gasteiger partial charge in [0.2, 0.25) is 0 Å². The lowest BCUT2D eigenvalue weighted by Crippen LogP contribution is -2.27. The molecule has 1 N–H and O–H groups in total. The molecule has 0 aromatic carbocycles. The Morgan fingerprint density at radius 2 is 0.737 bits per heavy atom. The smallest absolute Gasteiger partial charge is 0.306 e. The number of aliphatic hydroxyl groups excluding tert-OH is 1. The minimum atomic E-state index is -0.532. The van der Waals surface area contributed by atoms with Crippen molar-refractivity contribution in [3.63, 3.8) is 0 Å². The van der Waals surface area contributed by atoms with Crippen molar-refractivity contribution in [1.29, 1.82) is 0 Å². The number of ether oxygens (including phenoxy) is 2. The molecular formula is C53H102O4. The summed E-state index contributed by atoms with van der Waals surface area (Å²) in [5.74, 6) is -0.194. The predicted molar refractivity (Wildman–Crippen MR) is 251 cm³/mol. The number of carbonyl (C=O) groups is 1. The van der Waals surface area contributed by atoms with Crippen LogP contribution in [-0.2, 0) is 14.3 Å². The largest absolute Gasteiger partial charge is 0.457 e. The Labute approximate surface area is 358 Å². The number of rotatable bonds is 49. The molecule has 0 heterocycles. The van der Waals surface area contributed by atoms with E-state index in [-0.39, 0.29) is 12.6 Å². The van der Waals surface area contributed by atoms with Crippen LogP contribution in [0.4, 0.5) is 0 Å². The quantitative estimate of drug-likeness (QED) is 0.0378. The van der Waals surface area contributed by atoms with E-state index in [1.54, 1.807) is 0 Å². The Bertz CT molecular complexity index is 807. The summed E-state index contributed by atoms with van der Waals surface area (Å²) in [7, 11) is 0. The second-order valence-electron chi connectivity index (χ2n) is 17.6. The average molecular weight is 803 g/mol. The molecule has 0 fully saturated rings. The zero-order valence-corrected chi connectivity index (χ0v) is 38.9. The van der Waals surface area contributed by atoms with E-state index < -0.39 is 6.10 Å². The SMILES string of the molecule is CCCCCCC/C=C\C/C=C\CCCCCCCCCCCCOCC(CO)OC(=O)CCCCCCCCCCCCCCCCCCCCCCCCC. The molecule has 0 rings (SSSR count). The van der Waals surface area contributed by atoms with Gasteiger partial charge in [-0.3, -0.25) is 4.79 Å². The normalized spacial score (nSPS) is 12.4. The molecule has 0 amide bonds. The summed E-state index contributed by atoms with van der Waals surface area (Å²) >= 11 is 0. The van der Waals surface area contributed by atoms with Crippen LogP contribution in [-0.4, -0.2) is 37.0 Å². The maximum absolute atomic E-state index is 12.3. The van der Waals surface area contributed by atoms with E-state index in [0.29, 0.717) is 19.6 Å². The zero-order chi connectivity index (χ0) is 41.2. The van der Waals surface area contributed by atoms with E-state index >= 15 is 0 Å². The Kier molecular flexibility index (Phi) is 50.0. The van der Waals surface area contributed by atoms with Crippen LogP contribution in [0.5, 0.6) is 0 Å². The van der Waals surface area contributed by atoms with Gasteiger partial charge in [-0.05, 0) is 44.9 Å². The van der Waals surface area contributed by atoms with Crippen molar-refractivity contribution in [2.24, 2.45) is 0 Å². The standard InChI is InChI=1S/C53H102O4/c1-3-5-7-9-11-13-15-17-19-21-23-25-27-28-30-32-34-36-38-40-42-44-46-48-53(55)57-52(50-54)51-56-49-47-45-43-41-39-37-35-33-31-29-26-24-22-20-18-16-14-12-10-8-6-4-2/h16,18,22,24,52,54H,3-15,17,19-21,23,25-51H2,1-2H3/b18-16-,24-22-. The predicted octanol–water partition coefficient (Wildman–Crippen LogP) is 17.4. The highest BCUT2D eigenvalue weighted by molar-refractivity contribution is 5.69. The highest BCUT2D eigenvalue weighted by atomic mass is 16.6. The zero-order valence-electron chi connectivity index (χ0n) is 38.9. The number of hydrogen-bond acceptors (Lipinski definition) is 4. The van der Waals surface area contributed by atoms with Crippen LogP contribution in [0.15, 0.2) is 24.3 Å². The number of allylic oxidation sites excluding steroid dienone is 4. The van der Waals surface area contributed by atoms with E-state index in [4.69, 9.17) is 9.47 Å². The van der Waals surface area contributed by atoms with E-state index in [9.17, 15) is 9.90 Å². The van der Waals surface area contributed by atoms with Crippen LogP contribution in [0, 0.1) is 0 Å². The first-order valence-corrected chi connectivity index (χ1v) is 25.9. The van der Waals surface area contributed by atoms with Gasteiger partial charge in [0.05, 0.1) is 13.2 Å². The Hall–Kier alpha value is -1.13.